The van der Waals surface area contributed by atoms with Gasteiger partial charge in [-0.25, -0.2) is 0 Å². The molecule has 0 N–H and O–H groups in total. The predicted molar refractivity (Wildman–Crippen MR) is 81.1 cm³/mol. The van der Waals surface area contributed by atoms with E-state index in [1.165, 1.54) is 19.3 Å². The van der Waals surface area contributed by atoms with Crippen molar-refractivity contribution in [2.24, 2.45) is 5.92 Å². The van der Waals surface area contributed by atoms with Gasteiger partial charge < -0.3 is 0 Å². The van der Waals surface area contributed by atoms with Gasteiger partial charge in [0, 0.05) is 16.5 Å². The van der Waals surface area contributed by atoms with Crippen LogP contribution in [0.15, 0.2) is 22.7 Å². The number of rotatable bonds is 7. The lowest BCUT2D eigenvalue weighted by atomic mass is 9.90. The van der Waals surface area contributed by atoms with E-state index in [4.69, 9.17) is 0 Å². The van der Waals surface area contributed by atoms with Crippen molar-refractivity contribution in [3.05, 3.63) is 33.8 Å². The van der Waals surface area contributed by atoms with Gasteiger partial charge in [0.15, 0.2) is 5.78 Å². The number of ketones is 1. The maximum Gasteiger partial charge on any atom is 0.163 e. The molecule has 2 heteroatoms. The van der Waals surface area contributed by atoms with Gasteiger partial charge in [-0.05, 0) is 30.5 Å². The standard InChI is InChI=1S/C16H23BrO/c1-4-6-7-13(5-2)11-16(18)15-9-8-14(17)10-12(15)3/h8-10,13H,4-7,11H2,1-3H3. The van der Waals surface area contributed by atoms with Gasteiger partial charge >= 0.3 is 0 Å². The monoisotopic (exact) mass is 310 g/mol. The van der Waals surface area contributed by atoms with Gasteiger partial charge in [-0.15, -0.1) is 0 Å². The minimum absolute atomic E-state index is 0.294. The van der Waals surface area contributed by atoms with Gasteiger partial charge in [-0.3, -0.25) is 4.79 Å². The fourth-order valence-electron chi connectivity index (χ4n) is 2.26. The van der Waals surface area contributed by atoms with E-state index in [0.717, 1.165) is 22.0 Å². The number of hydrogen-bond donors (Lipinski definition) is 0. The van der Waals surface area contributed by atoms with Gasteiger partial charge in [-0.2, -0.15) is 0 Å². The van der Waals surface area contributed by atoms with Gasteiger partial charge in [-0.1, -0.05) is 61.5 Å². The highest BCUT2D eigenvalue weighted by molar-refractivity contribution is 9.10. The number of hydrogen-bond acceptors (Lipinski definition) is 1. The third-order valence-corrected chi connectivity index (χ3v) is 4.00. The zero-order chi connectivity index (χ0) is 13.5. The number of halogens is 1. The molecule has 0 fully saturated rings. The lowest BCUT2D eigenvalue weighted by Gasteiger charge is -2.14. The number of carbonyl (C=O) groups is 1. The molecule has 0 heterocycles. The summed E-state index contributed by atoms with van der Waals surface area (Å²) < 4.78 is 1.04. The third-order valence-electron chi connectivity index (χ3n) is 3.51. The largest absolute Gasteiger partial charge is 0.294 e. The fourth-order valence-corrected chi connectivity index (χ4v) is 2.73. The third kappa shape index (κ3) is 4.56. The Morgan fingerprint density at radius 2 is 2.06 bits per heavy atom. The molecule has 0 bridgehead atoms. The first-order chi connectivity index (χ1) is 8.58. The minimum Gasteiger partial charge on any atom is -0.294 e. The van der Waals surface area contributed by atoms with Gasteiger partial charge in [0.25, 0.3) is 0 Å². The van der Waals surface area contributed by atoms with E-state index in [1.54, 1.807) is 0 Å². The van der Waals surface area contributed by atoms with E-state index < -0.39 is 0 Å². The molecule has 1 rings (SSSR count). The number of benzene rings is 1. The van der Waals surface area contributed by atoms with Crippen LogP contribution in [0.2, 0.25) is 0 Å². The van der Waals surface area contributed by atoms with Crippen molar-refractivity contribution in [2.75, 3.05) is 0 Å². The summed E-state index contributed by atoms with van der Waals surface area (Å²) in [6, 6.07) is 5.90. The molecule has 1 atom stereocenters. The molecule has 1 aromatic carbocycles. The van der Waals surface area contributed by atoms with Crippen molar-refractivity contribution >= 4 is 21.7 Å². The Kier molecular flexibility index (Phi) is 6.62. The van der Waals surface area contributed by atoms with Crippen LogP contribution in [0.5, 0.6) is 0 Å². The molecule has 100 valence electrons. The zero-order valence-electron chi connectivity index (χ0n) is 11.6. The molecule has 0 aliphatic carbocycles. The Balaban J connectivity index is 2.68. The van der Waals surface area contributed by atoms with Crippen molar-refractivity contribution in [1.82, 2.24) is 0 Å². The summed E-state index contributed by atoms with van der Waals surface area (Å²) in [5, 5.41) is 0. The van der Waals surface area contributed by atoms with Crippen molar-refractivity contribution in [3.63, 3.8) is 0 Å². The molecular formula is C16H23BrO. The van der Waals surface area contributed by atoms with Crippen LogP contribution in [0.3, 0.4) is 0 Å². The Hall–Kier alpha value is -0.630. The lowest BCUT2D eigenvalue weighted by molar-refractivity contribution is 0.0956. The molecule has 0 aromatic heterocycles. The lowest BCUT2D eigenvalue weighted by Crippen LogP contribution is -2.09. The molecule has 0 aliphatic rings. The van der Waals surface area contributed by atoms with Crippen LogP contribution in [0.25, 0.3) is 0 Å². The highest BCUT2D eigenvalue weighted by Gasteiger charge is 2.15. The van der Waals surface area contributed by atoms with Crippen molar-refractivity contribution in [3.8, 4) is 0 Å². The molecule has 0 saturated heterocycles. The second-order valence-electron chi connectivity index (χ2n) is 5.00. The Bertz CT molecular complexity index is 398. The minimum atomic E-state index is 0.294. The molecule has 1 unspecified atom stereocenters. The molecule has 1 nitrogen and oxygen atoms in total. The molecule has 0 aliphatic heterocycles. The smallest absolute Gasteiger partial charge is 0.163 e. The second kappa shape index (κ2) is 7.73. The molecule has 1 aromatic rings. The average molecular weight is 311 g/mol. The van der Waals surface area contributed by atoms with Crippen molar-refractivity contribution < 1.29 is 4.79 Å². The van der Waals surface area contributed by atoms with Crippen LogP contribution < -0.4 is 0 Å². The quantitative estimate of drug-likeness (QED) is 0.604. The van der Waals surface area contributed by atoms with E-state index >= 15 is 0 Å². The Morgan fingerprint density at radius 1 is 1.33 bits per heavy atom. The first-order valence-electron chi connectivity index (χ1n) is 6.87. The van der Waals surface area contributed by atoms with Crippen molar-refractivity contribution in [1.29, 1.82) is 0 Å². The van der Waals surface area contributed by atoms with E-state index in [2.05, 4.69) is 29.8 Å². The van der Waals surface area contributed by atoms with Crippen LogP contribution in [-0.2, 0) is 0 Å². The number of carbonyl (C=O) groups excluding carboxylic acids is 1. The summed E-state index contributed by atoms with van der Waals surface area (Å²) in [6.45, 7) is 6.39. The van der Waals surface area contributed by atoms with E-state index in [-0.39, 0.29) is 0 Å². The topological polar surface area (TPSA) is 17.1 Å². The maximum atomic E-state index is 12.3. The first-order valence-corrected chi connectivity index (χ1v) is 7.67. The zero-order valence-corrected chi connectivity index (χ0v) is 13.2. The summed E-state index contributed by atoms with van der Waals surface area (Å²) in [7, 11) is 0. The highest BCUT2D eigenvalue weighted by Crippen LogP contribution is 2.22. The summed E-state index contributed by atoms with van der Waals surface area (Å²) >= 11 is 3.43. The van der Waals surface area contributed by atoms with Crippen molar-refractivity contribution in [2.45, 2.75) is 52.9 Å². The summed E-state index contributed by atoms with van der Waals surface area (Å²) in [4.78, 5) is 12.3. The Labute approximate surface area is 119 Å². The fraction of sp³-hybridized carbons (Fsp3) is 0.562. The van der Waals surface area contributed by atoms with Crippen LogP contribution in [-0.4, -0.2) is 5.78 Å². The molecule has 0 spiro atoms. The van der Waals surface area contributed by atoms with Crippen LogP contribution in [0.4, 0.5) is 0 Å². The first kappa shape index (κ1) is 15.4. The van der Waals surface area contributed by atoms with Gasteiger partial charge in [0.05, 0.1) is 0 Å². The van der Waals surface area contributed by atoms with E-state index in [0.29, 0.717) is 18.1 Å². The maximum absolute atomic E-state index is 12.3. The van der Waals surface area contributed by atoms with Crippen LogP contribution >= 0.6 is 15.9 Å². The SMILES string of the molecule is CCCCC(CC)CC(=O)c1ccc(Br)cc1C. The average Bonchev–Trinajstić information content (AvgIpc) is 2.34. The molecule has 0 amide bonds. The van der Waals surface area contributed by atoms with Gasteiger partial charge in [0.1, 0.15) is 0 Å². The van der Waals surface area contributed by atoms with Gasteiger partial charge in [0.2, 0.25) is 0 Å². The molecule has 18 heavy (non-hydrogen) atoms. The highest BCUT2D eigenvalue weighted by atomic mass is 79.9. The van der Waals surface area contributed by atoms with E-state index in [1.807, 2.05) is 25.1 Å². The van der Waals surface area contributed by atoms with E-state index in [9.17, 15) is 4.79 Å². The van der Waals surface area contributed by atoms with Crippen LogP contribution in [0, 0.1) is 12.8 Å². The summed E-state index contributed by atoms with van der Waals surface area (Å²) in [5.41, 5.74) is 1.95. The molecular weight excluding hydrogens is 288 g/mol. The summed E-state index contributed by atoms with van der Waals surface area (Å²) in [6.07, 6.45) is 5.40. The summed E-state index contributed by atoms with van der Waals surface area (Å²) in [5.74, 6) is 0.837. The second-order valence-corrected chi connectivity index (χ2v) is 5.92. The van der Waals surface area contributed by atoms with Crippen LogP contribution in [0.1, 0.15) is 61.9 Å². The molecule has 0 saturated carbocycles. The number of Topliss-reactive ketones (excluding diaryl/α,β-unsaturated/α-hetero) is 1. The normalized spacial score (nSPS) is 12.4. The Morgan fingerprint density at radius 3 is 2.61 bits per heavy atom. The number of aryl methyl sites for hydroxylation is 1. The number of unbranched alkanes of at least 4 members (excludes halogenated alkanes) is 1. The molecule has 0 radical (unpaired) electrons. The predicted octanol–water partition coefficient (Wildman–Crippen LogP) is 5.55.